The molecule has 0 bridgehead atoms. The first-order valence-electron chi connectivity index (χ1n) is 10.4. The fourth-order valence-electron chi connectivity index (χ4n) is 3.81. The van der Waals surface area contributed by atoms with Gasteiger partial charge in [-0.25, -0.2) is 8.42 Å². The first-order valence-corrected chi connectivity index (χ1v) is 12.4. The van der Waals surface area contributed by atoms with Crippen molar-refractivity contribution in [3.8, 4) is 16.9 Å². The van der Waals surface area contributed by atoms with E-state index in [4.69, 9.17) is 4.74 Å². The van der Waals surface area contributed by atoms with Crippen LogP contribution in [-0.2, 0) is 27.6 Å². The molecule has 1 aliphatic heterocycles. The molecule has 7 nitrogen and oxygen atoms in total. The third kappa shape index (κ3) is 5.03. The molecule has 3 rings (SSSR count). The number of nitrogens with zero attached hydrogens (tertiary/aromatic N) is 3. The fourth-order valence-corrected chi connectivity index (χ4v) is 4.33. The van der Waals surface area contributed by atoms with Crippen molar-refractivity contribution < 1.29 is 17.9 Å². The first-order chi connectivity index (χ1) is 14.1. The van der Waals surface area contributed by atoms with Crippen LogP contribution in [0.25, 0.3) is 11.1 Å². The van der Waals surface area contributed by atoms with Gasteiger partial charge >= 0.3 is 0 Å². The maximum atomic E-state index is 12.3. The van der Waals surface area contributed by atoms with Gasteiger partial charge in [0.25, 0.3) is 0 Å². The van der Waals surface area contributed by atoms with Gasteiger partial charge in [0.1, 0.15) is 15.6 Å². The molecule has 0 spiro atoms. The number of hydrogen-bond acceptors (Lipinski definition) is 5. The lowest BCUT2D eigenvalue weighted by Gasteiger charge is -2.36. The summed E-state index contributed by atoms with van der Waals surface area (Å²) in [5.74, 6) is 1.22. The number of aromatic nitrogens is 2. The van der Waals surface area contributed by atoms with Crippen molar-refractivity contribution in [2.75, 3.05) is 23.5 Å². The molecule has 164 valence electrons. The van der Waals surface area contributed by atoms with E-state index in [1.165, 1.54) is 6.26 Å². The SMILES string of the molecule is CC(=O)N1c2ccc(-c3cnn(CCS(C)(=O)=O)c3)c(OCC(C)C)c2CCC1C. The molecule has 1 aromatic carbocycles. The highest BCUT2D eigenvalue weighted by Gasteiger charge is 2.30. The van der Waals surface area contributed by atoms with Crippen LogP contribution in [0, 0.1) is 5.92 Å². The molecule has 1 unspecified atom stereocenters. The molecule has 2 aromatic rings. The Morgan fingerprint density at radius 3 is 2.70 bits per heavy atom. The van der Waals surface area contributed by atoms with E-state index in [-0.39, 0.29) is 17.7 Å². The van der Waals surface area contributed by atoms with Crippen LogP contribution in [0.4, 0.5) is 5.69 Å². The molecule has 0 saturated carbocycles. The number of rotatable bonds is 7. The lowest BCUT2D eigenvalue weighted by atomic mass is 9.92. The quantitative estimate of drug-likeness (QED) is 0.669. The van der Waals surface area contributed by atoms with Crippen LogP contribution in [0.2, 0.25) is 0 Å². The van der Waals surface area contributed by atoms with E-state index in [9.17, 15) is 13.2 Å². The third-order valence-corrected chi connectivity index (χ3v) is 6.21. The van der Waals surface area contributed by atoms with Gasteiger partial charge in [-0.05, 0) is 37.8 Å². The predicted molar refractivity (Wildman–Crippen MR) is 119 cm³/mol. The molecule has 30 heavy (non-hydrogen) atoms. The summed E-state index contributed by atoms with van der Waals surface area (Å²) in [5.41, 5.74) is 3.75. The number of amides is 1. The molecule has 8 heteroatoms. The van der Waals surface area contributed by atoms with E-state index in [2.05, 4.69) is 25.9 Å². The number of anilines is 1. The summed E-state index contributed by atoms with van der Waals surface area (Å²) in [6.07, 6.45) is 6.52. The summed E-state index contributed by atoms with van der Waals surface area (Å²) in [7, 11) is -3.06. The molecule has 0 aliphatic carbocycles. The van der Waals surface area contributed by atoms with Crippen molar-refractivity contribution in [1.82, 2.24) is 9.78 Å². The topological polar surface area (TPSA) is 81.5 Å². The fraction of sp³-hybridized carbons (Fsp3) is 0.545. The molecule has 1 aliphatic rings. The van der Waals surface area contributed by atoms with Crippen LogP contribution >= 0.6 is 0 Å². The van der Waals surface area contributed by atoms with Crippen LogP contribution < -0.4 is 9.64 Å². The van der Waals surface area contributed by atoms with E-state index < -0.39 is 9.84 Å². The Labute approximate surface area is 178 Å². The van der Waals surface area contributed by atoms with Crippen molar-refractivity contribution in [3.63, 3.8) is 0 Å². The Hall–Kier alpha value is -2.35. The van der Waals surface area contributed by atoms with Gasteiger partial charge in [0.15, 0.2) is 0 Å². The average molecular weight is 434 g/mol. The van der Waals surface area contributed by atoms with Crippen molar-refractivity contribution in [1.29, 1.82) is 0 Å². The van der Waals surface area contributed by atoms with Crippen molar-refractivity contribution in [3.05, 3.63) is 30.1 Å². The standard InChI is InChI=1S/C22H31N3O4S/c1-15(2)14-29-22-19(18-12-23-24(13-18)10-11-30(5,27)28)8-9-21-20(22)7-6-16(3)25(21)17(4)26/h8-9,12-13,15-16H,6-7,10-11,14H2,1-5H3. The molecule has 2 heterocycles. The van der Waals surface area contributed by atoms with Crippen LogP contribution in [0.15, 0.2) is 24.5 Å². The summed E-state index contributed by atoms with van der Waals surface area (Å²) >= 11 is 0. The molecule has 0 saturated heterocycles. The zero-order valence-electron chi connectivity index (χ0n) is 18.4. The highest BCUT2D eigenvalue weighted by atomic mass is 32.2. The molecule has 0 fully saturated rings. The number of benzene rings is 1. The van der Waals surface area contributed by atoms with Gasteiger partial charge in [-0.2, -0.15) is 5.10 Å². The van der Waals surface area contributed by atoms with Crippen LogP contribution in [0.3, 0.4) is 0 Å². The number of hydrogen-bond donors (Lipinski definition) is 0. The van der Waals surface area contributed by atoms with Gasteiger partial charge in [0.2, 0.25) is 5.91 Å². The number of carbonyl (C=O) groups is 1. The van der Waals surface area contributed by atoms with E-state index in [1.54, 1.807) is 17.8 Å². The number of aryl methyl sites for hydroxylation is 1. The molecule has 0 N–H and O–H groups in total. The Morgan fingerprint density at radius 2 is 2.07 bits per heavy atom. The van der Waals surface area contributed by atoms with Crippen LogP contribution in [-0.4, -0.2) is 48.8 Å². The highest BCUT2D eigenvalue weighted by Crippen LogP contribution is 2.43. The summed E-state index contributed by atoms with van der Waals surface area (Å²) in [6.45, 7) is 8.74. The Balaban J connectivity index is 2.02. The minimum Gasteiger partial charge on any atom is -0.492 e. The van der Waals surface area contributed by atoms with Gasteiger partial charge in [-0.1, -0.05) is 13.8 Å². The average Bonchev–Trinajstić information content (AvgIpc) is 3.12. The molecule has 0 radical (unpaired) electrons. The maximum absolute atomic E-state index is 12.3. The maximum Gasteiger partial charge on any atom is 0.224 e. The number of fused-ring (bicyclic) bond motifs is 1. The number of carbonyl (C=O) groups excluding carboxylic acids is 1. The number of sulfone groups is 1. The normalized spacial score (nSPS) is 16.6. The Morgan fingerprint density at radius 1 is 1.33 bits per heavy atom. The molecular formula is C22H31N3O4S. The van der Waals surface area contributed by atoms with Crippen molar-refractivity contribution >= 4 is 21.4 Å². The lowest BCUT2D eigenvalue weighted by molar-refractivity contribution is -0.117. The number of ether oxygens (including phenoxy) is 1. The third-order valence-electron chi connectivity index (χ3n) is 5.28. The van der Waals surface area contributed by atoms with Crippen LogP contribution in [0.1, 0.15) is 39.7 Å². The summed E-state index contributed by atoms with van der Waals surface area (Å²) < 4.78 is 30.8. The Kier molecular flexibility index (Phi) is 6.55. The second kappa shape index (κ2) is 8.79. The second-order valence-corrected chi connectivity index (χ2v) is 10.8. The van der Waals surface area contributed by atoms with Gasteiger partial charge in [-0.15, -0.1) is 0 Å². The largest absolute Gasteiger partial charge is 0.492 e. The second-order valence-electron chi connectivity index (χ2n) is 8.54. The van der Waals surface area contributed by atoms with Crippen molar-refractivity contribution in [2.45, 2.75) is 53.1 Å². The lowest BCUT2D eigenvalue weighted by Crippen LogP contribution is -2.40. The summed E-state index contributed by atoms with van der Waals surface area (Å²) in [5, 5.41) is 4.33. The zero-order valence-corrected chi connectivity index (χ0v) is 19.2. The monoisotopic (exact) mass is 433 g/mol. The predicted octanol–water partition coefficient (Wildman–Crippen LogP) is 3.32. The zero-order chi connectivity index (χ0) is 22.1. The van der Waals surface area contributed by atoms with E-state index in [0.29, 0.717) is 19.1 Å². The summed E-state index contributed by atoms with van der Waals surface area (Å²) in [4.78, 5) is 14.1. The van der Waals surface area contributed by atoms with Crippen LogP contribution in [0.5, 0.6) is 5.75 Å². The minimum absolute atomic E-state index is 0.0274. The van der Waals surface area contributed by atoms with Gasteiger partial charge in [0.05, 0.1) is 30.8 Å². The first kappa shape index (κ1) is 22.3. The molecular weight excluding hydrogens is 402 g/mol. The van der Waals surface area contributed by atoms with Gasteiger partial charge in [-0.3, -0.25) is 9.48 Å². The molecule has 1 atom stereocenters. The molecule has 1 aromatic heterocycles. The van der Waals surface area contributed by atoms with Gasteiger partial charge < -0.3 is 9.64 Å². The Bertz CT molecular complexity index is 1030. The smallest absolute Gasteiger partial charge is 0.224 e. The summed E-state index contributed by atoms with van der Waals surface area (Å²) in [6, 6.07) is 4.11. The molecule has 1 amide bonds. The highest BCUT2D eigenvalue weighted by molar-refractivity contribution is 7.90. The minimum atomic E-state index is -3.06. The van der Waals surface area contributed by atoms with Crippen molar-refractivity contribution in [2.24, 2.45) is 5.92 Å². The van der Waals surface area contributed by atoms with E-state index in [0.717, 1.165) is 41.0 Å². The van der Waals surface area contributed by atoms with E-state index >= 15 is 0 Å². The van der Waals surface area contributed by atoms with Gasteiger partial charge in [0, 0.05) is 42.1 Å². The van der Waals surface area contributed by atoms with E-state index in [1.807, 2.05) is 23.2 Å².